The number of aromatic nitrogens is 1. The summed E-state index contributed by atoms with van der Waals surface area (Å²) in [4.78, 5) is 14.4. The molecule has 0 aliphatic carbocycles. The summed E-state index contributed by atoms with van der Waals surface area (Å²) >= 11 is 0. The van der Waals surface area contributed by atoms with Gasteiger partial charge in [-0.05, 0) is 11.6 Å². The number of carboxylic acid groups (broad SMARTS) is 1. The molecule has 0 radical (unpaired) electrons. The van der Waals surface area contributed by atoms with E-state index in [-0.39, 0.29) is 6.04 Å². The van der Waals surface area contributed by atoms with Gasteiger partial charge >= 0.3 is 5.97 Å². The van der Waals surface area contributed by atoms with Crippen LogP contribution >= 0.6 is 0 Å². The molecule has 18 heavy (non-hydrogen) atoms. The molecule has 0 fully saturated rings. The maximum atomic E-state index is 11.2. The first-order valence-corrected chi connectivity index (χ1v) is 6.11. The van der Waals surface area contributed by atoms with Crippen molar-refractivity contribution in [3.8, 4) is 0 Å². The second-order valence-corrected chi connectivity index (χ2v) is 4.78. The van der Waals surface area contributed by atoms with Crippen LogP contribution in [0.3, 0.4) is 0 Å². The molecule has 1 heterocycles. The summed E-state index contributed by atoms with van der Waals surface area (Å²) in [6.45, 7) is 3.90. The van der Waals surface area contributed by atoms with Crippen LogP contribution in [0.15, 0.2) is 30.5 Å². The molecule has 0 aliphatic rings. The quantitative estimate of drug-likeness (QED) is 0.757. The largest absolute Gasteiger partial charge is 0.480 e. The fourth-order valence-corrected chi connectivity index (χ4v) is 2.14. The van der Waals surface area contributed by atoms with E-state index in [1.807, 2.05) is 44.3 Å². The molecule has 0 aliphatic heterocycles. The lowest BCUT2D eigenvalue weighted by Crippen LogP contribution is -2.42. The van der Waals surface area contributed by atoms with Gasteiger partial charge in [0, 0.05) is 29.6 Å². The minimum absolute atomic E-state index is 0.149. The number of aliphatic carboxylic acids is 1. The first-order chi connectivity index (χ1) is 8.58. The number of para-hydroxylation sites is 1. The van der Waals surface area contributed by atoms with Crippen molar-refractivity contribution in [2.24, 2.45) is 0 Å². The van der Waals surface area contributed by atoms with Crippen LogP contribution in [0.4, 0.5) is 0 Å². The zero-order valence-electron chi connectivity index (χ0n) is 10.6. The van der Waals surface area contributed by atoms with Crippen LogP contribution in [0.5, 0.6) is 0 Å². The van der Waals surface area contributed by atoms with Gasteiger partial charge in [-0.15, -0.1) is 0 Å². The van der Waals surface area contributed by atoms with E-state index in [1.165, 1.54) is 0 Å². The second kappa shape index (κ2) is 5.23. The average molecular weight is 246 g/mol. The lowest BCUT2D eigenvalue weighted by atomic mass is 10.0. The van der Waals surface area contributed by atoms with E-state index in [2.05, 4.69) is 10.3 Å². The van der Waals surface area contributed by atoms with Crippen LogP contribution < -0.4 is 5.32 Å². The van der Waals surface area contributed by atoms with Gasteiger partial charge in [0.2, 0.25) is 0 Å². The molecule has 0 saturated carbocycles. The zero-order valence-corrected chi connectivity index (χ0v) is 10.6. The fraction of sp³-hybridized carbons (Fsp3) is 0.357. The molecule has 1 unspecified atom stereocenters. The highest BCUT2D eigenvalue weighted by Crippen LogP contribution is 2.19. The molecular formula is C14H18N2O2. The molecule has 0 bridgehead atoms. The van der Waals surface area contributed by atoms with Crippen molar-refractivity contribution in [2.45, 2.75) is 32.4 Å². The Hall–Kier alpha value is -1.81. The molecule has 1 aromatic heterocycles. The molecule has 1 atom stereocenters. The molecule has 3 N–H and O–H groups in total. The number of benzene rings is 1. The van der Waals surface area contributed by atoms with Crippen LogP contribution in [0, 0.1) is 0 Å². The van der Waals surface area contributed by atoms with Crippen LogP contribution in [-0.4, -0.2) is 28.1 Å². The van der Waals surface area contributed by atoms with Gasteiger partial charge in [0.1, 0.15) is 6.04 Å². The third kappa shape index (κ3) is 2.71. The summed E-state index contributed by atoms with van der Waals surface area (Å²) in [7, 11) is 0. The SMILES string of the molecule is CC(C)NC(Cc1c[nH]c2ccccc12)C(=O)O. The van der Waals surface area contributed by atoms with E-state index in [1.54, 1.807) is 0 Å². The maximum Gasteiger partial charge on any atom is 0.321 e. The van der Waals surface area contributed by atoms with Gasteiger partial charge < -0.3 is 15.4 Å². The molecular weight excluding hydrogens is 228 g/mol. The summed E-state index contributed by atoms with van der Waals surface area (Å²) in [6, 6.07) is 7.52. The van der Waals surface area contributed by atoms with Crippen LogP contribution in [0.2, 0.25) is 0 Å². The maximum absolute atomic E-state index is 11.2. The highest BCUT2D eigenvalue weighted by atomic mass is 16.4. The number of rotatable bonds is 5. The van der Waals surface area contributed by atoms with Gasteiger partial charge in [-0.1, -0.05) is 32.0 Å². The Balaban J connectivity index is 2.23. The first-order valence-electron chi connectivity index (χ1n) is 6.11. The molecule has 4 heteroatoms. The number of hydrogen-bond acceptors (Lipinski definition) is 2. The number of carboxylic acids is 1. The normalized spacial score (nSPS) is 13.1. The third-order valence-corrected chi connectivity index (χ3v) is 2.93. The van der Waals surface area contributed by atoms with Crippen molar-refractivity contribution in [1.29, 1.82) is 0 Å². The molecule has 2 rings (SSSR count). The van der Waals surface area contributed by atoms with E-state index in [9.17, 15) is 9.90 Å². The zero-order chi connectivity index (χ0) is 13.1. The highest BCUT2D eigenvalue weighted by molar-refractivity contribution is 5.84. The average Bonchev–Trinajstić information content (AvgIpc) is 2.71. The Morgan fingerprint density at radius 1 is 1.39 bits per heavy atom. The third-order valence-electron chi connectivity index (χ3n) is 2.93. The smallest absolute Gasteiger partial charge is 0.321 e. The predicted octanol–water partition coefficient (Wildman–Crippen LogP) is 2.16. The summed E-state index contributed by atoms with van der Waals surface area (Å²) < 4.78 is 0. The molecule has 0 amide bonds. The van der Waals surface area contributed by atoms with Crippen molar-refractivity contribution in [3.63, 3.8) is 0 Å². The molecule has 0 spiro atoms. The number of aromatic amines is 1. The molecule has 2 aromatic rings. The number of nitrogens with one attached hydrogen (secondary N) is 2. The van der Waals surface area contributed by atoms with Crippen LogP contribution in [0.1, 0.15) is 19.4 Å². The second-order valence-electron chi connectivity index (χ2n) is 4.78. The van der Waals surface area contributed by atoms with E-state index >= 15 is 0 Å². The Kier molecular flexibility index (Phi) is 3.67. The van der Waals surface area contributed by atoms with E-state index in [4.69, 9.17) is 0 Å². The summed E-state index contributed by atoms with van der Waals surface area (Å²) in [5, 5.41) is 13.4. The number of hydrogen-bond donors (Lipinski definition) is 3. The highest BCUT2D eigenvalue weighted by Gasteiger charge is 2.19. The predicted molar refractivity (Wildman–Crippen MR) is 71.7 cm³/mol. The van der Waals surface area contributed by atoms with Gasteiger partial charge in [0.05, 0.1) is 0 Å². The van der Waals surface area contributed by atoms with E-state index in [0.717, 1.165) is 16.5 Å². The number of carbonyl (C=O) groups is 1. The lowest BCUT2D eigenvalue weighted by Gasteiger charge is -2.16. The minimum Gasteiger partial charge on any atom is -0.480 e. The molecule has 96 valence electrons. The van der Waals surface area contributed by atoms with Crippen LogP contribution in [0.25, 0.3) is 10.9 Å². The Bertz CT molecular complexity index is 545. The van der Waals surface area contributed by atoms with E-state index < -0.39 is 12.0 Å². The summed E-state index contributed by atoms with van der Waals surface area (Å²) in [5.74, 6) is -0.811. The monoisotopic (exact) mass is 246 g/mol. The lowest BCUT2D eigenvalue weighted by molar-refractivity contribution is -0.139. The number of H-pyrrole nitrogens is 1. The first kappa shape index (κ1) is 12.6. The Morgan fingerprint density at radius 3 is 2.78 bits per heavy atom. The van der Waals surface area contributed by atoms with Gasteiger partial charge in [0.15, 0.2) is 0 Å². The Morgan fingerprint density at radius 2 is 2.11 bits per heavy atom. The van der Waals surface area contributed by atoms with Gasteiger partial charge in [-0.3, -0.25) is 4.79 Å². The fourth-order valence-electron chi connectivity index (χ4n) is 2.14. The van der Waals surface area contributed by atoms with Gasteiger partial charge in [0.25, 0.3) is 0 Å². The van der Waals surface area contributed by atoms with Crippen LogP contribution in [-0.2, 0) is 11.2 Å². The minimum atomic E-state index is -0.811. The van der Waals surface area contributed by atoms with E-state index in [0.29, 0.717) is 6.42 Å². The molecule has 4 nitrogen and oxygen atoms in total. The van der Waals surface area contributed by atoms with Crippen molar-refractivity contribution >= 4 is 16.9 Å². The molecule has 0 saturated heterocycles. The summed E-state index contributed by atoms with van der Waals surface area (Å²) in [6.07, 6.45) is 2.38. The number of fused-ring (bicyclic) bond motifs is 1. The summed E-state index contributed by atoms with van der Waals surface area (Å²) in [5.41, 5.74) is 2.08. The van der Waals surface area contributed by atoms with Crippen molar-refractivity contribution in [1.82, 2.24) is 10.3 Å². The standard InChI is InChI=1S/C14H18N2O2/c1-9(2)16-13(14(17)18)7-10-8-15-12-6-4-3-5-11(10)12/h3-6,8-9,13,15-16H,7H2,1-2H3,(H,17,18). The Labute approximate surface area is 106 Å². The molecule has 1 aromatic carbocycles. The van der Waals surface area contributed by atoms with Crippen molar-refractivity contribution in [2.75, 3.05) is 0 Å². The van der Waals surface area contributed by atoms with Crippen molar-refractivity contribution < 1.29 is 9.90 Å². The van der Waals surface area contributed by atoms with Crippen molar-refractivity contribution in [3.05, 3.63) is 36.0 Å². The van der Waals surface area contributed by atoms with Gasteiger partial charge in [-0.2, -0.15) is 0 Å². The topological polar surface area (TPSA) is 65.1 Å². The van der Waals surface area contributed by atoms with Gasteiger partial charge in [-0.25, -0.2) is 0 Å².